The van der Waals surface area contributed by atoms with Crippen molar-refractivity contribution in [3.8, 4) is 5.75 Å². The Hall–Kier alpha value is -1.75. The highest BCUT2D eigenvalue weighted by molar-refractivity contribution is 6.30. The molecule has 0 bridgehead atoms. The Morgan fingerprint density at radius 2 is 1.81 bits per heavy atom. The number of aryl methyl sites for hydroxylation is 1. The van der Waals surface area contributed by atoms with E-state index in [-0.39, 0.29) is 6.61 Å². The van der Waals surface area contributed by atoms with Crippen molar-refractivity contribution in [3.05, 3.63) is 58.6 Å². The van der Waals surface area contributed by atoms with Crippen LogP contribution in [0.2, 0.25) is 5.02 Å². The Kier molecular flexibility index (Phi) is 7.39. The van der Waals surface area contributed by atoms with E-state index in [0.29, 0.717) is 6.61 Å². The zero-order valence-corrected chi connectivity index (χ0v) is 16.8. The fourth-order valence-electron chi connectivity index (χ4n) is 3.53. The van der Waals surface area contributed by atoms with Crippen molar-refractivity contribution in [1.82, 2.24) is 4.90 Å². The number of halogens is 1. The van der Waals surface area contributed by atoms with Gasteiger partial charge in [-0.2, -0.15) is 0 Å². The van der Waals surface area contributed by atoms with E-state index in [1.807, 2.05) is 30.3 Å². The van der Waals surface area contributed by atoms with Crippen LogP contribution in [0.15, 0.2) is 42.5 Å². The van der Waals surface area contributed by atoms with Gasteiger partial charge in [0.25, 0.3) is 0 Å². The molecule has 0 spiro atoms. The van der Waals surface area contributed by atoms with E-state index in [0.717, 1.165) is 61.9 Å². The molecule has 1 N–H and O–H groups in total. The van der Waals surface area contributed by atoms with E-state index in [9.17, 15) is 5.11 Å². The van der Waals surface area contributed by atoms with E-state index in [2.05, 4.69) is 28.9 Å². The maximum absolute atomic E-state index is 9.33. The SMILES string of the molecule is Cc1ccc(Cl)cc1N1CCN(CCCCOc2ccccc2CO)CC1. The first-order valence-corrected chi connectivity index (χ1v) is 10.1. The van der Waals surface area contributed by atoms with Gasteiger partial charge in [-0.15, -0.1) is 0 Å². The van der Waals surface area contributed by atoms with Crippen LogP contribution in [0.3, 0.4) is 0 Å². The number of aliphatic hydroxyl groups excluding tert-OH is 1. The molecule has 0 radical (unpaired) electrons. The van der Waals surface area contributed by atoms with Crippen molar-refractivity contribution in [2.75, 3.05) is 44.2 Å². The molecule has 0 saturated carbocycles. The van der Waals surface area contributed by atoms with Crippen molar-refractivity contribution in [2.24, 2.45) is 0 Å². The second-order valence-electron chi connectivity index (χ2n) is 7.08. The topological polar surface area (TPSA) is 35.9 Å². The van der Waals surface area contributed by atoms with Gasteiger partial charge in [-0.05, 0) is 50.1 Å². The number of para-hydroxylation sites is 1. The van der Waals surface area contributed by atoms with Crippen molar-refractivity contribution in [3.63, 3.8) is 0 Å². The number of hydrogen-bond acceptors (Lipinski definition) is 4. The first-order chi connectivity index (χ1) is 13.2. The highest BCUT2D eigenvalue weighted by Crippen LogP contribution is 2.25. The number of nitrogens with zero attached hydrogens (tertiary/aromatic N) is 2. The standard InChI is InChI=1S/C22H29ClN2O2/c1-18-8-9-20(23)16-21(18)25-13-11-24(12-14-25)10-4-5-15-27-22-7-3-2-6-19(22)17-26/h2-3,6-9,16,26H,4-5,10-15,17H2,1H3. The summed E-state index contributed by atoms with van der Waals surface area (Å²) in [5, 5.41) is 10.1. The summed E-state index contributed by atoms with van der Waals surface area (Å²) in [4.78, 5) is 4.96. The molecular formula is C22H29ClN2O2. The van der Waals surface area contributed by atoms with Crippen LogP contribution in [0.25, 0.3) is 0 Å². The first-order valence-electron chi connectivity index (χ1n) is 9.72. The summed E-state index contributed by atoms with van der Waals surface area (Å²) >= 11 is 6.16. The van der Waals surface area contributed by atoms with Crippen LogP contribution in [0.4, 0.5) is 5.69 Å². The van der Waals surface area contributed by atoms with Crippen LogP contribution in [-0.4, -0.2) is 49.3 Å². The number of benzene rings is 2. The Morgan fingerprint density at radius 1 is 1.04 bits per heavy atom. The van der Waals surface area contributed by atoms with Crippen molar-refractivity contribution in [2.45, 2.75) is 26.4 Å². The van der Waals surface area contributed by atoms with Crippen LogP contribution in [0.5, 0.6) is 5.75 Å². The lowest BCUT2D eigenvalue weighted by Crippen LogP contribution is -2.46. The molecule has 0 unspecified atom stereocenters. The van der Waals surface area contributed by atoms with Gasteiger partial charge in [0.2, 0.25) is 0 Å². The van der Waals surface area contributed by atoms with E-state index in [1.165, 1.54) is 11.3 Å². The molecule has 1 saturated heterocycles. The smallest absolute Gasteiger partial charge is 0.124 e. The Labute approximate surface area is 167 Å². The van der Waals surface area contributed by atoms with E-state index < -0.39 is 0 Å². The summed E-state index contributed by atoms with van der Waals surface area (Å²) in [6.07, 6.45) is 2.14. The summed E-state index contributed by atoms with van der Waals surface area (Å²) in [7, 11) is 0. The van der Waals surface area contributed by atoms with Gasteiger partial charge in [-0.3, -0.25) is 4.90 Å². The molecule has 3 rings (SSSR count). The number of anilines is 1. The summed E-state index contributed by atoms with van der Waals surface area (Å²) in [6.45, 7) is 8.22. The minimum Gasteiger partial charge on any atom is -0.493 e. The number of piperazine rings is 1. The van der Waals surface area contributed by atoms with Crippen LogP contribution in [0.1, 0.15) is 24.0 Å². The Bertz CT molecular complexity index is 730. The van der Waals surface area contributed by atoms with Gasteiger partial charge < -0.3 is 14.7 Å². The van der Waals surface area contributed by atoms with E-state index in [4.69, 9.17) is 16.3 Å². The number of rotatable bonds is 8. The van der Waals surface area contributed by atoms with Crippen LogP contribution in [0, 0.1) is 6.92 Å². The predicted octanol–water partition coefficient (Wildman–Crippen LogP) is 4.12. The van der Waals surface area contributed by atoms with Gasteiger partial charge in [-0.1, -0.05) is 35.9 Å². The first kappa shape index (κ1) is 20.0. The second-order valence-corrected chi connectivity index (χ2v) is 7.52. The summed E-state index contributed by atoms with van der Waals surface area (Å²) in [5.74, 6) is 0.797. The zero-order chi connectivity index (χ0) is 19.1. The lowest BCUT2D eigenvalue weighted by atomic mass is 10.1. The highest BCUT2D eigenvalue weighted by Gasteiger charge is 2.18. The van der Waals surface area contributed by atoms with Gasteiger partial charge in [0, 0.05) is 42.5 Å². The molecule has 1 fully saturated rings. The zero-order valence-electron chi connectivity index (χ0n) is 16.0. The highest BCUT2D eigenvalue weighted by atomic mass is 35.5. The average Bonchev–Trinajstić information content (AvgIpc) is 2.70. The molecule has 1 aliphatic rings. The van der Waals surface area contributed by atoms with E-state index >= 15 is 0 Å². The third kappa shape index (κ3) is 5.61. The maximum Gasteiger partial charge on any atom is 0.124 e. The van der Waals surface area contributed by atoms with E-state index in [1.54, 1.807) is 0 Å². The second kappa shape index (κ2) is 9.98. The van der Waals surface area contributed by atoms with Gasteiger partial charge in [-0.25, -0.2) is 0 Å². The number of aliphatic hydroxyl groups is 1. The summed E-state index contributed by atoms with van der Waals surface area (Å²) in [6, 6.07) is 13.8. The lowest BCUT2D eigenvalue weighted by Gasteiger charge is -2.37. The molecule has 0 aliphatic carbocycles. The van der Waals surface area contributed by atoms with Crippen LogP contribution in [-0.2, 0) is 6.61 Å². The minimum atomic E-state index is 0.0204. The fraction of sp³-hybridized carbons (Fsp3) is 0.455. The molecule has 0 aromatic heterocycles. The number of ether oxygens (including phenoxy) is 1. The molecule has 2 aromatic rings. The third-order valence-corrected chi connectivity index (χ3v) is 5.39. The molecule has 5 heteroatoms. The average molecular weight is 389 g/mol. The van der Waals surface area contributed by atoms with Crippen molar-refractivity contribution in [1.29, 1.82) is 0 Å². The molecule has 0 amide bonds. The molecular weight excluding hydrogens is 360 g/mol. The normalized spacial score (nSPS) is 15.1. The minimum absolute atomic E-state index is 0.0204. The van der Waals surface area contributed by atoms with Crippen LogP contribution >= 0.6 is 11.6 Å². The molecule has 1 heterocycles. The monoisotopic (exact) mass is 388 g/mol. The van der Waals surface area contributed by atoms with Gasteiger partial charge in [0.15, 0.2) is 0 Å². The van der Waals surface area contributed by atoms with Crippen molar-refractivity contribution >= 4 is 17.3 Å². The van der Waals surface area contributed by atoms with Gasteiger partial charge >= 0.3 is 0 Å². The molecule has 1 aliphatic heterocycles. The molecule has 2 aromatic carbocycles. The molecule has 4 nitrogen and oxygen atoms in total. The predicted molar refractivity (Wildman–Crippen MR) is 112 cm³/mol. The maximum atomic E-state index is 9.33. The lowest BCUT2D eigenvalue weighted by molar-refractivity contribution is 0.234. The van der Waals surface area contributed by atoms with Gasteiger partial charge in [0.05, 0.1) is 13.2 Å². The number of unbranched alkanes of at least 4 members (excludes halogenated alkanes) is 1. The summed E-state index contributed by atoms with van der Waals surface area (Å²) in [5.41, 5.74) is 3.40. The van der Waals surface area contributed by atoms with Crippen LogP contribution < -0.4 is 9.64 Å². The quantitative estimate of drug-likeness (QED) is 0.690. The Balaban J connectivity index is 1.36. The fourth-order valence-corrected chi connectivity index (χ4v) is 3.70. The van der Waals surface area contributed by atoms with Gasteiger partial charge in [0.1, 0.15) is 5.75 Å². The molecule has 27 heavy (non-hydrogen) atoms. The summed E-state index contributed by atoms with van der Waals surface area (Å²) < 4.78 is 5.82. The Morgan fingerprint density at radius 3 is 2.59 bits per heavy atom. The largest absolute Gasteiger partial charge is 0.493 e. The molecule has 146 valence electrons. The number of hydrogen-bond donors (Lipinski definition) is 1. The third-order valence-electron chi connectivity index (χ3n) is 5.15. The van der Waals surface area contributed by atoms with Crippen molar-refractivity contribution < 1.29 is 9.84 Å². The molecule has 0 atom stereocenters.